The van der Waals surface area contributed by atoms with Crippen LogP contribution in [-0.2, 0) is 0 Å². The minimum Gasteiger partial charge on any atom is -0.463 e. The highest BCUT2D eigenvalue weighted by molar-refractivity contribution is 4.88. The second-order valence-corrected chi connectivity index (χ2v) is 2.36. The Labute approximate surface area is 74.0 Å². The van der Waals surface area contributed by atoms with E-state index in [0.29, 0.717) is 6.61 Å². The van der Waals surface area contributed by atoms with Crippen molar-refractivity contribution in [1.29, 1.82) is 0 Å². The van der Waals surface area contributed by atoms with Gasteiger partial charge in [-0.05, 0) is 6.42 Å². The van der Waals surface area contributed by atoms with Crippen molar-refractivity contribution in [3.05, 3.63) is 12.2 Å². The van der Waals surface area contributed by atoms with Crippen molar-refractivity contribution < 1.29 is 13.5 Å². The molecule has 0 aliphatic heterocycles. The average molecular weight is 189 g/mol. The van der Waals surface area contributed by atoms with Crippen LogP contribution < -0.4 is 4.74 Å². The van der Waals surface area contributed by atoms with E-state index in [0.717, 1.165) is 12.8 Å². The lowest BCUT2D eigenvalue weighted by molar-refractivity contribution is 0.268. The van der Waals surface area contributed by atoms with Gasteiger partial charge in [-0.3, -0.25) is 0 Å². The van der Waals surface area contributed by atoms with Crippen molar-refractivity contribution >= 4 is 0 Å². The molecule has 1 aromatic rings. The summed E-state index contributed by atoms with van der Waals surface area (Å²) in [5, 5.41) is 0. The van der Waals surface area contributed by atoms with Crippen molar-refractivity contribution in [3.8, 4) is 6.01 Å². The van der Waals surface area contributed by atoms with Crippen molar-refractivity contribution in [2.45, 2.75) is 19.8 Å². The standard InChI is InChI=1S/C7H9F2N3O/c1-2-3-4-13-7-11-5(8)10-6(9)12-7/h2-4H2,1H3. The van der Waals surface area contributed by atoms with Crippen LogP contribution in [0, 0.1) is 12.2 Å². The first-order valence-electron chi connectivity index (χ1n) is 3.92. The number of aromatic nitrogens is 3. The molecule has 0 aromatic carbocycles. The fourth-order valence-corrected chi connectivity index (χ4v) is 0.681. The van der Waals surface area contributed by atoms with Gasteiger partial charge in [0, 0.05) is 0 Å². The highest BCUT2D eigenvalue weighted by Crippen LogP contribution is 2.02. The van der Waals surface area contributed by atoms with Crippen LogP contribution in [0.1, 0.15) is 19.8 Å². The van der Waals surface area contributed by atoms with Gasteiger partial charge in [0.15, 0.2) is 0 Å². The molecular formula is C7H9F2N3O. The van der Waals surface area contributed by atoms with E-state index in [2.05, 4.69) is 15.0 Å². The average Bonchev–Trinajstić information content (AvgIpc) is 2.03. The Morgan fingerprint density at radius 3 is 2.31 bits per heavy atom. The van der Waals surface area contributed by atoms with Gasteiger partial charge >= 0.3 is 18.2 Å². The van der Waals surface area contributed by atoms with Crippen LogP contribution in [0.25, 0.3) is 0 Å². The molecule has 0 fully saturated rings. The molecule has 6 heteroatoms. The van der Waals surface area contributed by atoms with Gasteiger partial charge < -0.3 is 4.74 Å². The molecule has 0 saturated heterocycles. The molecule has 0 bridgehead atoms. The predicted molar refractivity (Wildman–Crippen MR) is 40.1 cm³/mol. The number of ether oxygens (including phenoxy) is 1. The highest BCUT2D eigenvalue weighted by Gasteiger charge is 2.05. The van der Waals surface area contributed by atoms with E-state index < -0.39 is 12.2 Å². The SMILES string of the molecule is CCCCOc1nc(F)nc(F)n1. The lowest BCUT2D eigenvalue weighted by atomic mass is 10.4. The van der Waals surface area contributed by atoms with Gasteiger partial charge in [-0.15, -0.1) is 9.97 Å². The summed E-state index contributed by atoms with van der Waals surface area (Å²) in [4.78, 5) is 9.04. The Morgan fingerprint density at radius 2 is 1.77 bits per heavy atom. The zero-order valence-corrected chi connectivity index (χ0v) is 7.13. The molecule has 0 aliphatic carbocycles. The minimum atomic E-state index is -1.17. The molecule has 13 heavy (non-hydrogen) atoms. The van der Waals surface area contributed by atoms with Crippen LogP contribution >= 0.6 is 0 Å². The molecule has 0 amide bonds. The number of rotatable bonds is 4. The van der Waals surface area contributed by atoms with Crippen molar-refractivity contribution in [2.24, 2.45) is 0 Å². The fourth-order valence-electron chi connectivity index (χ4n) is 0.681. The van der Waals surface area contributed by atoms with Crippen molar-refractivity contribution in [2.75, 3.05) is 6.61 Å². The monoisotopic (exact) mass is 189 g/mol. The molecule has 1 aromatic heterocycles. The summed E-state index contributed by atoms with van der Waals surface area (Å²) >= 11 is 0. The van der Waals surface area contributed by atoms with Gasteiger partial charge in [-0.2, -0.15) is 13.8 Å². The summed E-state index contributed by atoms with van der Waals surface area (Å²) in [6, 6.07) is -0.307. The summed E-state index contributed by atoms with van der Waals surface area (Å²) in [6.45, 7) is 2.32. The molecule has 0 unspecified atom stereocenters. The molecule has 1 heterocycles. The predicted octanol–water partition coefficient (Wildman–Crippen LogP) is 1.33. The third-order valence-corrected chi connectivity index (χ3v) is 1.29. The van der Waals surface area contributed by atoms with Gasteiger partial charge in [-0.25, -0.2) is 0 Å². The van der Waals surface area contributed by atoms with Gasteiger partial charge in [0.1, 0.15) is 0 Å². The minimum absolute atomic E-state index is 0.307. The number of hydrogen-bond donors (Lipinski definition) is 0. The topological polar surface area (TPSA) is 47.9 Å². The lowest BCUT2D eigenvalue weighted by Gasteiger charge is -2.01. The number of unbranched alkanes of at least 4 members (excludes halogenated alkanes) is 1. The molecule has 0 saturated carbocycles. The Kier molecular flexibility index (Phi) is 3.48. The van der Waals surface area contributed by atoms with E-state index in [4.69, 9.17) is 4.74 Å². The van der Waals surface area contributed by atoms with Crippen LogP contribution in [0.4, 0.5) is 8.78 Å². The van der Waals surface area contributed by atoms with Gasteiger partial charge in [0.05, 0.1) is 6.61 Å². The van der Waals surface area contributed by atoms with E-state index in [9.17, 15) is 8.78 Å². The second kappa shape index (κ2) is 4.64. The first-order chi connectivity index (χ1) is 6.22. The number of nitrogens with zero attached hydrogens (tertiary/aromatic N) is 3. The Balaban J connectivity index is 2.56. The summed E-state index contributed by atoms with van der Waals surface area (Å²) < 4.78 is 29.6. The van der Waals surface area contributed by atoms with E-state index in [1.807, 2.05) is 6.92 Å². The van der Waals surface area contributed by atoms with Crippen molar-refractivity contribution in [1.82, 2.24) is 15.0 Å². The second-order valence-electron chi connectivity index (χ2n) is 2.36. The third kappa shape index (κ3) is 3.27. The van der Waals surface area contributed by atoms with Crippen molar-refractivity contribution in [3.63, 3.8) is 0 Å². The van der Waals surface area contributed by atoms with E-state index >= 15 is 0 Å². The first-order valence-corrected chi connectivity index (χ1v) is 3.92. The van der Waals surface area contributed by atoms with Crippen LogP contribution in [-0.4, -0.2) is 21.6 Å². The molecule has 0 radical (unpaired) electrons. The van der Waals surface area contributed by atoms with E-state index in [-0.39, 0.29) is 6.01 Å². The summed E-state index contributed by atoms with van der Waals surface area (Å²) in [6.07, 6.45) is -0.622. The zero-order valence-electron chi connectivity index (χ0n) is 7.13. The fraction of sp³-hybridized carbons (Fsp3) is 0.571. The maximum absolute atomic E-state index is 12.4. The first kappa shape index (κ1) is 9.76. The maximum atomic E-state index is 12.4. The van der Waals surface area contributed by atoms with Crippen LogP contribution in [0.5, 0.6) is 6.01 Å². The largest absolute Gasteiger partial charge is 0.463 e. The van der Waals surface area contributed by atoms with Gasteiger partial charge in [0.2, 0.25) is 0 Å². The molecule has 1 rings (SSSR count). The van der Waals surface area contributed by atoms with Crippen LogP contribution in [0.15, 0.2) is 0 Å². The Hall–Kier alpha value is -1.33. The normalized spacial score (nSPS) is 10.1. The number of hydrogen-bond acceptors (Lipinski definition) is 4. The smallest absolute Gasteiger partial charge is 0.324 e. The molecule has 0 spiro atoms. The highest BCUT2D eigenvalue weighted by atomic mass is 19.1. The zero-order chi connectivity index (χ0) is 9.68. The molecular weight excluding hydrogens is 180 g/mol. The van der Waals surface area contributed by atoms with E-state index in [1.165, 1.54) is 0 Å². The van der Waals surface area contributed by atoms with E-state index in [1.54, 1.807) is 0 Å². The summed E-state index contributed by atoms with van der Waals surface area (Å²) in [5.41, 5.74) is 0. The molecule has 0 N–H and O–H groups in total. The van der Waals surface area contributed by atoms with Crippen LogP contribution in [0.3, 0.4) is 0 Å². The molecule has 72 valence electrons. The molecule has 0 aliphatic rings. The molecule has 0 atom stereocenters. The number of halogens is 2. The Bertz CT molecular complexity index is 262. The van der Waals surface area contributed by atoms with Gasteiger partial charge in [-0.1, -0.05) is 13.3 Å². The lowest BCUT2D eigenvalue weighted by Crippen LogP contribution is -2.05. The Morgan fingerprint density at radius 1 is 1.15 bits per heavy atom. The summed E-state index contributed by atoms with van der Waals surface area (Å²) in [5.74, 6) is 0. The quantitative estimate of drug-likeness (QED) is 0.670. The third-order valence-electron chi connectivity index (χ3n) is 1.29. The summed E-state index contributed by atoms with van der Waals surface area (Å²) in [7, 11) is 0. The van der Waals surface area contributed by atoms with Gasteiger partial charge in [0.25, 0.3) is 0 Å². The van der Waals surface area contributed by atoms with Crippen LogP contribution in [0.2, 0.25) is 0 Å². The molecule has 4 nitrogen and oxygen atoms in total. The maximum Gasteiger partial charge on any atom is 0.324 e.